The maximum Gasteiger partial charge on any atom is 0.258 e. The van der Waals surface area contributed by atoms with Crippen molar-refractivity contribution in [2.45, 2.75) is 19.9 Å². The number of nitrogens with one attached hydrogen (secondary N) is 1. The summed E-state index contributed by atoms with van der Waals surface area (Å²) in [5, 5.41) is 7.12. The van der Waals surface area contributed by atoms with Crippen molar-refractivity contribution in [3.63, 3.8) is 0 Å². The smallest absolute Gasteiger partial charge is 0.258 e. The summed E-state index contributed by atoms with van der Waals surface area (Å²) in [6.07, 6.45) is 0. The lowest BCUT2D eigenvalue weighted by Crippen LogP contribution is -2.36. The molecule has 0 spiro atoms. The predicted molar refractivity (Wildman–Crippen MR) is 95.2 cm³/mol. The molecule has 1 amide bonds. The Hall–Kier alpha value is -1.85. The second kappa shape index (κ2) is 8.13. The molecular weight excluding hydrogens is 308 g/mol. The van der Waals surface area contributed by atoms with E-state index in [9.17, 15) is 4.79 Å². The molecule has 2 aromatic rings. The van der Waals surface area contributed by atoms with Crippen LogP contribution in [0.1, 0.15) is 22.7 Å². The Bertz CT molecular complexity index is 638. The minimum atomic E-state index is -0.104. The fourth-order valence-corrected chi connectivity index (χ4v) is 3.06. The van der Waals surface area contributed by atoms with E-state index >= 15 is 0 Å². The standard InChI is InChI=1S/C18H24N2O2S/c1-13-6-5-7-17(14(13)2)22-11-18(21)19-10-16(20(3)4)15-8-9-23-12-15/h5-9,12,16H,10-11H2,1-4H3,(H,19,21). The van der Waals surface area contributed by atoms with Crippen molar-refractivity contribution in [3.8, 4) is 5.75 Å². The van der Waals surface area contributed by atoms with E-state index in [1.807, 2.05) is 46.1 Å². The SMILES string of the molecule is Cc1cccc(OCC(=O)NCC(c2ccsc2)N(C)C)c1C. The molecule has 23 heavy (non-hydrogen) atoms. The van der Waals surface area contributed by atoms with Gasteiger partial charge in [0.1, 0.15) is 5.75 Å². The van der Waals surface area contributed by atoms with E-state index in [1.54, 1.807) is 11.3 Å². The Morgan fingerprint density at radius 2 is 2.09 bits per heavy atom. The van der Waals surface area contributed by atoms with Gasteiger partial charge in [-0.15, -0.1) is 0 Å². The Labute approximate surface area is 142 Å². The van der Waals surface area contributed by atoms with Crippen molar-refractivity contribution in [2.24, 2.45) is 0 Å². The van der Waals surface area contributed by atoms with E-state index in [0.29, 0.717) is 6.54 Å². The highest BCUT2D eigenvalue weighted by Crippen LogP contribution is 2.21. The summed E-state index contributed by atoms with van der Waals surface area (Å²) in [6, 6.07) is 8.13. The van der Waals surface area contributed by atoms with E-state index in [4.69, 9.17) is 4.74 Å². The van der Waals surface area contributed by atoms with Gasteiger partial charge in [-0.1, -0.05) is 12.1 Å². The number of hydrogen-bond acceptors (Lipinski definition) is 4. The first-order valence-corrected chi connectivity index (χ1v) is 8.57. The minimum absolute atomic E-state index is 0.0358. The fourth-order valence-electron chi connectivity index (χ4n) is 2.35. The minimum Gasteiger partial charge on any atom is -0.483 e. The summed E-state index contributed by atoms with van der Waals surface area (Å²) in [7, 11) is 4.03. The van der Waals surface area contributed by atoms with Crippen LogP contribution in [0.15, 0.2) is 35.0 Å². The Balaban J connectivity index is 1.86. The van der Waals surface area contributed by atoms with Gasteiger partial charge in [0.05, 0.1) is 6.04 Å². The van der Waals surface area contributed by atoms with E-state index in [-0.39, 0.29) is 18.6 Å². The van der Waals surface area contributed by atoms with Gasteiger partial charge < -0.3 is 15.0 Å². The molecule has 1 heterocycles. The quantitative estimate of drug-likeness (QED) is 0.847. The van der Waals surface area contributed by atoms with Crippen LogP contribution in [0.25, 0.3) is 0 Å². The van der Waals surface area contributed by atoms with Crippen LogP contribution in [0.3, 0.4) is 0 Å². The fraction of sp³-hybridized carbons (Fsp3) is 0.389. The van der Waals surface area contributed by atoms with E-state index in [2.05, 4.69) is 27.0 Å². The number of ether oxygens (including phenoxy) is 1. The zero-order chi connectivity index (χ0) is 16.8. The Morgan fingerprint density at radius 1 is 1.30 bits per heavy atom. The van der Waals surface area contributed by atoms with Gasteiger partial charge in [0.25, 0.3) is 5.91 Å². The number of hydrogen-bond donors (Lipinski definition) is 1. The highest BCUT2D eigenvalue weighted by atomic mass is 32.1. The number of nitrogens with zero attached hydrogens (tertiary/aromatic N) is 1. The molecule has 1 N–H and O–H groups in total. The molecule has 0 fully saturated rings. The van der Waals surface area contributed by atoms with Crippen molar-refractivity contribution >= 4 is 17.2 Å². The number of carbonyl (C=O) groups is 1. The summed E-state index contributed by atoms with van der Waals surface area (Å²) in [5.74, 6) is 0.662. The molecule has 2 rings (SSSR count). The third-order valence-corrected chi connectivity index (χ3v) is 4.66. The number of likely N-dealkylation sites (N-methyl/N-ethyl adjacent to an activating group) is 1. The predicted octanol–water partition coefficient (Wildman–Crippen LogP) is 3.16. The topological polar surface area (TPSA) is 41.6 Å². The molecule has 0 radical (unpaired) electrons. The van der Waals surface area contributed by atoms with Crippen LogP contribution in [-0.4, -0.2) is 38.1 Å². The lowest BCUT2D eigenvalue weighted by atomic mass is 10.1. The first kappa shape index (κ1) is 17.5. The largest absolute Gasteiger partial charge is 0.483 e. The van der Waals surface area contributed by atoms with E-state index in [0.717, 1.165) is 16.9 Å². The number of amides is 1. The molecule has 0 saturated carbocycles. The van der Waals surface area contributed by atoms with Gasteiger partial charge in [0.15, 0.2) is 6.61 Å². The van der Waals surface area contributed by atoms with Crippen molar-refractivity contribution in [1.82, 2.24) is 10.2 Å². The second-order valence-electron chi connectivity index (χ2n) is 5.83. The average molecular weight is 332 g/mol. The zero-order valence-corrected chi connectivity index (χ0v) is 14.9. The number of thiophene rings is 1. The molecule has 0 aliphatic rings. The molecule has 1 unspecified atom stereocenters. The maximum atomic E-state index is 12.1. The lowest BCUT2D eigenvalue weighted by Gasteiger charge is -2.24. The number of aryl methyl sites for hydroxylation is 1. The lowest BCUT2D eigenvalue weighted by molar-refractivity contribution is -0.123. The third kappa shape index (κ3) is 4.81. The van der Waals surface area contributed by atoms with Crippen LogP contribution < -0.4 is 10.1 Å². The van der Waals surface area contributed by atoms with Gasteiger partial charge in [-0.2, -0.15) is 11.3 Å². The average Bonchev–Trinajstić information content (AvgIpc) is 3.02. The second-order valence-corrected chi connectivity index (χ2v) is 6.61. The molecule has 1 aromatic carbocycles. The maximum absolute atomic E-state index is 12.1. The van der Waals surface area contributed by atoms with Crippen molar-refractivity contribution in [3.05, 3.63) is 51.7 Å². The highest BCUT2D eigenvalue weighted by molar-refractivity contribution is 7.07. The van der Waals surface area contributed by atoms with E-state index in [1.165, 1.54) is 5.56 Å². The van der Waals surface area contributed by atoms with Crippen LogP contribution in [0, 0.1) is 13.8 Å². The molecule has 0 bridgehead atoms. The van der Waals surface area contributed by atoms with Crippen LogP contribution >= 0.6 is 11.3 Å². The van der Waals surface area contributed by atoms with Crippen LogP contribution in [0.5, 0.6) is 5.75 Å². The Kier molecular flexibility index (Phi) is 6.19. The molecular formula is C18H24N2O2S. The number of rotatable bonds is 7. The monoisotopic (exact) mass is 332 g/mol. The van der Waals surface area contributed by atoms with Gasteiger partial charge in [0, 0.05) is 6.54 Å². The summed E-state index contributed by atoms with van der Waals surface area (Å²) in [4.78, 5) is 14.2. The molecule has 0 aliphatic heterocycles. The van der Waals surface area contributed by atoms with Crippen molar-refractivity contribution in [1.29, 1.82) is 0 Å². The summed E-state index contributed by atoms with van der Waals surface area (Å²) in [6.45, 7) is 4.64. The van der Waals surface area contributed by atoms with E-state index < -0.39 is 0 Å². The van der Waals surface area contributed by atoms with Gasteiger partial charge in [-0.05, 0) is 67.5 Å². The van der Waals surface area contributed by atoms with Crippen LogP contribution in [0.2, 0.25) is 0 Å². The van der Waals surface area contributed by atoms with Crippen molar-refractivity contribution < 1.29 is 9.53 Å². The highest BCUT2D eigenvalue weighted by Gasteiger charge is 2.16. The summed E-state index contributed by atoms with van der Waals surface area (Å²) < 4.78 is 5.64. The van der Waals surface area contributed by atoms with Gasteiger partial charge in [0.2, 0.25) is 0 Å². The molecule has 1 aromatic heterocycles. The van der Waals surface area contributed by atoms with Gasteiger partial charge in [-0.3, -0.25) is 4.79 Å². The first-order valence-electron chi connectivity index (χ1n) is 7.63. The van der Waals surface area contributed by atoms with Crippen molar-refractivity contribution in [2.75, 3.05) is 27.2 Å². The Morgan fingerprint density at radius 3 is 2.74 bits per heavy atom. The van der Waals surface area contributed by atoms with Crippen LogP contribution in [0.4, 0.5) is 0 Å². The molecule has 4 nitrogen and oxygen atoms in total. The summed E-state index contributed by atoms with van der Waals surface area (Å²) in [5.41, 5.74) is 3.45. The molecule has 5 heteroatoms. The third-order valence-electron chi connectivity index (χ3n) is 3.96. The molecule has 1 atom stereocenters. The number of benzene rings is 1. The molecule has 124 valence electrons. The van der Waals surface area contributed by atoms with Gasteiger partial charge >= 0.3 is 0 Å². The molecule has 0 aliphatic carbocycles. The summed E-state index contributed by atoms with van der Waals surface area (Å²) >= 11 is 1.67. The first-order chi connectivity index (χ1) is 11.0. The molecule has 0 saturated heterocycles. The zero-order valence-electron chi connectivity index (χ0n) is 14.1. The number of carbonyl (C=O) groups excluding carboxylic acids is 1. The normalized spacial score (nSPS) is 12.2. The van der Waals surface area contributed by atoms with Crippen LogP contribution in [-0.2, 0) is 4.79 Å². The van der Waals surface area contributed by atoms with Gasteiger partial charge in [-0.25, -0.2) is 0 Å².